The summed E-state index contributed by atoms with van der Waals surface area (Å²) in [5.74, 6) is 0.388. The molecule has 0 aliphatic carbocycles. The molecule has 2 rings (SSSR count). The van der Waals surface area contributed by atoms with Gasteiger partial charge in [0.15, 0.2) is 5.11 Å². The van der Waals surface area contributed by atoms with Crippen molar-refractivity contribution in [3.63, 3.8) is 0 Å². The van der Waals surface area contributed by atoms with Crippen LogP contribution >= 0.6 is 12.2 Å². The summed E-state index contributed by atoms with van der Waals surface area (Å²) < 4.78 is 5.09. The van der Waals surface area contributed by atoms with Gasteiger partial charge < -0.3 is 20.7 Å². The highest BCUT2D eigenvalue weighted by Crippen LogP contribution is 2.12. The molecule has 0 saturated heterocycles. The first kappa shape index (κ1) is 20.4. The van der Waals surface area contributed by atoms with Gasteiger partial charge in [-0.3, -0.25) is 9.59 Å². The molecule has 7 heteroatoms. The number of methoxy groups -OCH3 is 1. The second kappa shape index (κ2) is 9.68. The zero-order valence-corrected chi connectivity index (χ0v) is 16.4. The minimum Gasteiger partial charge on any atom is -0.497 e. The van der Waals surface area contributed by atoms with E-state index in [0.29, 0.717) is 11.3 Å². The predicted octanol–water partition coefficient (Wildman–Crippen LogP) is 2.89. The van der Waals surface area contributed by atoms with E-state index in [0.717, 1.165) is 11.3 Å². The molecule has 6 nitrogen and oxygen atoms in total. The van der Waals surface area contributed by atoms with Crippen molar-refractivity contribution in [3.05, 3.63) is 59.7 Å². The van der Waals surface area contributed by atoms with Crippen molar-refractivity contribution < 1.29 is 14.3 Å². The van der Waals surface area contributed by atoms with Crippen molar-refractivity contribution in [3.8, 4) is 5.75 Å². The van der Waals surface area contributed by atoms with Gasteiger partial charge in [0.05, 0.1) is 13.5 Å². The predicted molar refractivity (Wildman–Crippen MR) is 110 cm³/mol. The number of anilines is 1. The molecule has 3 N–H and O–H groups in total. The number of benzene rings is 2. The van der Waals surface area contributed by atoms with Gasteiger partial charge in [0, 0.05) is 17.3 Å². The van der Waals surface area contributed by atoms with Crippen LogP contribution in [0.4, 0.5) is 5.69 Å². The summed E-state index contributed by atoms with van der Waals surface area (Å²) in [6.07, 6.45) is 0.208. The van der Waals surface area contributed by atoms with Gasteiger partial charge in [0.25, 0.3) is 5.91 Å². The number of rotatable bonds is 6. The van der Waals surface area contributed by atoms with Crippen LogP contribution in [-0.2, 0) is 11.2 Å². The van der Waals surface area contributed by atoms with Crippen LogP contribution in [0, 0.1) is 0 Å². The molecule has 2 aromatic rings. The molecule has 2 amide bonds. The Morgan fingerprint density at radius 1 is 1.04 bits per heavy atom. The van der Waals surface area contributed by atoms with E-state index in [4.69, 9.17) is 17.0 Å². The van der Waals surface area contributed by atoms with E-state index in [1.807, 2.05) is 26.0 Å². The first-order valence-corrected chi connectivity index (χ1v) is 8.93. The van der Waals surface area contributed by atoms with E-state index in [-0.39, 0.29) is 29.4 Å². The Morgan fingerprint density at radius 3 is 2.22 bits per heavy atom. The van der Waals surface area contributed by atoms with E-state index >= 15 is 0 Å². The normalized spacial score (nSPS) is 10.2. The van der Waals surface area contributed by atoms with Crippen molar-refractivity contribution >= 4 is 34.8 Å². The van der Waals surface area contributed by atoms with Crippen molar-refractivity contribution in [1.82, 2.24) is 10.6 Å². The Kier molecular flexibility index (Phi) is 7.31. The molecule has 2 aromatic carbocycles. The molecule has 0 heterocycles. The summed E-state index contributed by atoms with van der Waals surface area (Å²) in [7, 11) is 1.59. The van der Waals surface area contributed by atoms with Gasteiger partial charge in [-0.05, 0) is 68.0 Å². The van der Waals surface area contributed by atoms with Crippen LogP contribution in [-0.4, -0.2) is 30.1 Å². The van der Waals surface area contributed by atoms with Gasteiger partial charge in [-0.25, -0.2) is 0 Å². The number of carbonyl (C=O) groups excluding carboxylic acids is 2. The monoisotopic (exact) mass is 385 g/mol. The molecule has 0 fully saturated rings. The summed E-state index contributed by atoms with van der Waals surface area (Å²) in [6.45, 7) is 3.81. The third-order valence-corrected chi connectivity index (χ3v) is 3.81. The molecule has 0 saturated carbocycles. The average Bonchev–Trinajstić information content (AvgIpc) is 2.62. The number of hydrogen-bond donors (Lipinski definition) is 3. The topological polar surface area (TPSA) is 79.5 Å². The van der Waals surface area contributed by atoms with Crippen LogP contribution in [0.15, 0.2) is 48.5 Å². The minimum atomic E-state index is -0.217. The quantitative estimate of drug-likeness (QED) is 0.667. The lowest BCUT2D eigenvalue weighted by Gasteiger charge is -2.11. The largest absolute Gasteiger partial charge is 0.497 e. The molecule has 0 aliphatic rings. The third-order valence-electron chi connectivity index (χ3n) is 3.60. The summed E-state index contributed by atoms with van der Waals surface area (Å²) in [4.78, 5) is 24.0. The number of amides is 2. The second-order valence-corrected chi connectivity index (χ2v) is 6.64. The smallest absolute Gasteiger partial charge is 0.251 e. The lowest BCUT2D eigenvalue weighted by atomic mass is 10.1. The van der Waals surface area contributed by atoms with Crippen LogP contribution in [0.3, 0.4) is 0 Å². The molecule has 0 atom stereocenters. The van der Waals surface area contributed by atoms with Crippen LogP contribution < -0.4 is 20.7 Å². The fourth-order valence-electron chi connectivity index (χ4n) is 2.31. The van der Waals surface area contributed by atoms with E-state index in [1.165, 1.54) is 0 Å². The second-order valence-electron chi connectivity index (χ2n) is 6.23. The van der Waals surface area contributed by atoms with Crippen molar-refractivity contribution in [2.75, 3.05) is 12.4 Å². The highest BCUT2D eigenvalue weighted by Gasteiger charge is 2.09. The summed E-state index contributed by atoms with van der Waals surface area (Å²) in [5.41, 5.74) is 2.10. The molecule has 0 aromatic heterocycles. The third kappa shape index (κ3) is 6.71. The van der Waals surface area contributed by atoms with Gasteiger partial charge in [-0.2, -0.15) is 0 Å². The van der Waals surface area contributed by atoms with Crippen LogP contribution in [0.2, 0.25) is 0 Å². The Hall–Kier alpha value is -2.93. The highest BCUT2D eigenvalue weighted by atomic mass is 32.1. The Labute approximate surface area is 164 Å². The average molecular weight is 385 g/mol. The molecular weight excluding hydrogens is 362 g/mol. The number of carbonyl (C=O) groups is 2. The van der Waals surface area contributed by atoms with E-state index in [9.17, 15) is 9.59 Å². The van der Waals surface area contributed by atoms with E-state index < -0.39 is 0 Å². The number of hydrogen-bond acceptors (Lipinski definition) is 4. The Morgan fingerprint density at radius 2 is 1.67 bits per heavy atom. The molecule has 142 valence electrons. The van der Waals surface area contributed by atoms with Crippen LogP contribution in [0.1, 0.15) is 29.8 Å². The fraction of sp³-hybridized carbons (Fsp3) is 0.250. The minimum absolute atomic E-state index is 0.0730. The van der Waals surface area contributed by atoms with Gasteiger partial charge in [-0.1, -0.05) is 12.1 Å². The summed E-state index contributed by atoms with van der Waals surface area (Å²) in [5, 5.41) is 8.60. The van der Waals surface area contributed by atoms with Crippen LogP contribution in [0.25, 0.3) is 0 Å². The Balaban J connectivity index is 1.85. The maximum atomic E-state index is 12.1. The first-order valence-electron chi connectivity index (χ1n) is 8.52. The number of ether oxygens (including phenoxy) is 1. The van der Waals surface area contributed by atoms with Crippen molar-refractivity contribution in [1.29, 1.82) is 0 Å². The molecule has 0 spiro atoms. The van der Waals surface area contributed by atoms with Gasteiger partial charge in [0.1, 0.15) is 5.75 Å². The molecule has 27 heavy (non-hydrogen) atoms. The zero-order valence-electron chi connectivity index (χ0n) is 15.5. The number of thiocarbonyl (C=S) groups is 1. The van der Waals surface area contributed by atoms with Crippen molar-refractivity contribution in [2.45, 2.75) is 26.3 Å². The molecule has 0 aliphatic heterocycles. The standard InChI is InChI=1S/C20H23N3O3S/c1-13(2)21-19(25)15-6-8-16(9-7-15)22-20(27)23-18(24)12-14-4-10-17(26-3)11-5-14/h4-11,13H,12H2,1-3H3,(H,21,25)(H2,22,23,24,27). The molecule has 0 unspecified atom stereocenters. The van der Waals surface area contributed by atoms with Gasteiger partial charge in [0.2, 0.25) is 5.91 Å². The van der Waals surface area contributed by atoms with E-state index in [1.54, 1.807) is 43.5 Å². The lowest BCUT2D eigenvalue weighted by molar-refractivity contribution is -0.119. The number of nitrogens with one attached hydrogen (secondary N) is 3. The fourth-order valence-corrected chi connectivity index (χ4v) is 2.54. The SMILES string of the molecule is COc1ccc(CC(=O)NC(=S)Nc2ccc(C(=O)NC(C)C)cc2)cc1. The summed E-state index contributed by atoms with van der Waals surface area (Å²) >= 11 is 5.17. The van der Waals surface area contributed by atoms with Gasteiger partial charge >= 0.3 is 0 Å². The molecular formula is C20H23N3O3S. The Bertz CT molecular complexity index is 802. The lowest BCUT2D eigenvalue weighted by Crippen LogP contribution is -2.35. The maximum Gasteiger partial charge on any atom is 0.251 e. The first-order chi connectivity index (χ1) is 12.9. The zero-order chi connectivity index (χ0) is 19.8. The van der Waals surface area contributed by atoms with Crippen molar-refractivity contribution in [2.24, 2.45) is 0 Å². The van der Waals surface area contributed by atoms with E-state index in [2.05, 4.69) is 16.0 Å². The summed E-state index contributed by atoms with van der Waals surface area (Å²) in [6, 6.07) is 14.2. The maximum absolute atomic E-state index is 12.1. The van der Waals surface area contributed by atoms with Gasteiger partial charge in [-0.15, -0.1) is 0 Å². The molecule has 0 radical (unpaired) electrons. The van der Waals surface area contributed by atoms with Crippen LogP contribution in [0.5, 0.6) is 5.75 Å². The highest BCUT2D eigenvalue weighted by molar-refractivity contribution is 7.80. The molecule has 0 bridgehead atoms.